The highest BCUT2D eigenvalue weighted by molar-refractivity contribution is 5.66. The van der Waals surface area contributed by atoms with E-state index in [1.54, 1.807) is 12.4 Å². The van der Waals surface area contributed by atoms with Crippen molar-refractivity contribution in [3.8, 4) is 0 Å². The molecule has 0 amide bonds. The van der Waals surface area contributed by atoms with E-state index in [0.29, 0.717) is 18.2 Å². The van der Waals surface area contributed by atoms with Crippen molar-refractivity contribution < 1.29 is 4.74 Å². The smallest absolute Gasteiger partial charge is 0.180 e. The third kappa shape index (κ3) is 2.34. The van der Waals surface area contributed by atoms with Crippen LogP contribution in [0.3, 0.4) is 0 Å². The Bertz CT molecular complexity index is 575. The van der Waals surface area contributed by atoms with Gasteiger partial charge in [-0.05, 0) is 19.8 Å². The molecule has 0 aromatic carbocycles. The number of anilines is 2. The zero-order valence-corrected chi connectivity index (χ0v) is 10.9. The van der Waals surface area contributed by atoms with Crippen molar-refractivity contribution in [3.05, 3.63) is 18.6 Å². The molecule has 4 N–H and O–H groups in total. The fraction of sp³-hybridized carbons (Fsp3) is 0.500. The number of fused-ring (bicyclic) bond motifs is 1. The molecule has 1 fully saturated rings. The van der Waals surface area contributed by atoms with Gasteiger partial charge in [0.2, 0.25) is 0 Å². The summed E-state index contributed by atoms with van der Waals surface area (Å²) in [5, 5.41) is 3.45. The standard InChI is InChI=1S/C12H18N6O/c1-12(3-2-6-19-8-12)16-10-11-14-4-5-18(11)7-9(15-10)17-13/h4-5,7,17H,2-3,6,8,13H2,1H3,(H,15,16). The van der Waals surface area contributed by atoms with Gasteiger partial charge in [0.1, 0.15) is 0 Å². The van der Waals surface area contributed by atoms with Gasteiger partial charge in [-0.2, -0.15) is 0 Å². The number of nitrogen functional groups attached to an aromatic ring is 1. The van der Waals surface area contributed by atoms with E-state index in [1.165, 1.54) is 0 Å². The maximum atomic E-state index is 5.55. The minimum atomic E-state index is -0.120. The molecule has 2 aromatic rings. The number of rotatable bonds is 3. The zero-order chi connectivity index (χ0) is 13.3. The van der Waals surface area contributed by atoms with Gasteiger partial charge in [0.05, 0.1) is 18.3 Å². The lowest BCUT2D eigenvalue weighted by molar-refractivity contribution is 0.0539. The number of hydrazine groups is 1. The number of imidazole rings is 1. The average molecular weight is 262 g/mol. The Morgan fingerprint density at radius 3 is 3.16 bits per heavy atom. The maximum absolute atomic E-state index is 5.55. The Labute approximate surface area is 111 Å². The zero-order valence-electron chi connectivity index (χ0n) is 10.9. The van der Waals surface area contributed by atoms with Crippen LogP contribution in [0.25, 0.3) is 5.65 Å². The molecule has 19 heavy (non-hydrogen) atoms. The van der Waals surface area contributed by atoms with Crippen LogP contribution in [0.2, 0.25) is 0 Å². The predicted molar refractivity (Wildman–Crippen MR) is 72.9 cm³/mol. The van der Waals surface area contributed by atoms with E-state index >= 15 is 0 Å². The van der Waals surface area contributed by atoms with Crippen molar-refractivity contribution in [1.29, 1.82) is 0 Å². The van der Waals surface area contributed by atoms with Gasteiger partial charge in [0.25, 0.3) is 0 Å². The van der Waals surface area contributed by atoms with Gasteiger partial charge in [0, 0.05) is 19.0 Å². The number of nitrogens with one attached hydrogen (secondary N) is 2. The first-order chi connectivity index (χ1) is 9.20. The van der Waals surface area contributed by atoms with Crippen molar-refractivity contribution in [1.82, 2.24) is 14.4 Å². The molecule has 7 heteroatoms. The summed E-state index contributed by atoms with van der Waals surface area (Å²) in [7, 11) is 0. The van der Waals surface area contributed by atoms with E-state index in [2.05, 4.69) is 27.6 Å². The number of hydrogen-bond acceptors (Lipinski definition) is 6. The minimum Gasteiger partial charge on any atom is -0.379 e. The third-order valence-corrected chi connectivity index (χ3v) is 3.38. The number of aromatic nitrogens is 3. The molecule has 7 nitrogen and oxygen atoms in total. The Morgan fingerprint density at radius 1 is 1.53 bits per heavy atom. The summed E-state index contributed by atoms with van der Waals surface area (Å²) < 4.78 is 7.44. The van der Waals surface area contributed by atoms with Gasteiger partial charge in [0.15, 0.2) is 17.3 Å². The Hall–Kier alpha value is -1.86. The van der Waals surface area contributed by atoms with Crippen molar-refractivity contribution in [2.24, 2.45) is 5.84 Å². The predicted octanol–water partition coefficient (Wildman–Crippen LogP) is 0.996. The monoisotopic (exact) mass is 262 g/mol. The Balaban J connectivity index is 1.96. The van der Waals surface area contributed by atoms with Crippen molar-refractivity contribution >= 4 is 17.3 Å². The number of ether oxygens (including phenoxy) is 1. The van der Waals surface area contributed by atoms with Crippen LogP contribution in [0.1, 0.15) is 19.8 Å². The van der Waals surface area contributed by atoms with Crippen LogP contribution in [-0.2, 0) is 4.74 Å². The molecule has 1 aliphatic rings. The second-order valence-corrected chi connectivity index (χ2v) is 5.12. The molecule has 1 saturated heterocycles. The first-order valence-corrected chi connectivity index (χ1v) is 6.36. The Morgan fingerprint density at radius 2 is 2.42 bits per heavy atom. The van der Waals surface area contributed by atoms with Crippen molar-refractivity contribution in [3.63, 3.8) is 0 Å². The largest absolute Gasteiger partial charge is 0.379 e. The van der Waals surface area contributed by atoms with E-state index in [4.69, 9.17) is 10.6 Å². The summed E-state index contributed by atoms with van der Waals surface area (Å²) in [5.41, 5.74) is 3.23. The highest BCUT2D eigenvalue weighted by Gasteiger charge is 2.28. The Kier molecular flexibility index (Phi) is 3.00. The third-order valence-electron chi connectivity index (χ3n) is 3.38. The van der Waals surface area contributed by atoms with Crippen LogP contribution < -0.4 is 16.6 Å². The van der Waals surface area contributed by atoms with Crippen LogP contribution >= 0.6 is 0 Å². The molecule has 2 aromatic heterocycles. The highest BCUT2D eigenvalue weighted by atomic mass is 16.5. The summed E-state index contributed by atoms with van der Waals surface area (Å²) in [4.78, 5) is 8.76. The summed E-state index contributed by atoms with van der Waals surface area (Å²) in [6, 6.07) is 0. The fourth-order valence-electron chi connectivity index (χ4n) is 2.40. The molecule has 0 bridgehead atoms. The molecule has 3 rings (SSSR count). The van der Waals surface area contributed by atoms with Gasteiger partial charge in [-0.3, -0.25) is 0 Å². The minimum absolute atomic E-state index is 0.120. The molecule has 1 atom stereocenters. The molecular weight excluding hydrogens is 244 g/mol. The topological polar surface area (TPSA) is 89.5 Å². The molecule has 0 saturated carbocycles. The van der Waals surface area contributed by atoms with Crippen molar-refractivity contribution in [2.45, 2.75) is 25.3 Å². The van der Waals surface area contributed by atoms with Crippen LogP contribution in [0.4, 0.5) is 11.6 Å². The number of hydrogen-bond donors (Lipinski definition) is 3. The van der Waals surface area contributed by atoms with E-state index < -0.39 is 0 Å². The normalized spacial score (nSPS) is 23.5. The molecule has 1 aliphatic heterocycles. The lowest BCUT2D eigenvalue weighted by Crippen LogP contribution is -2.43. The maximum Gasteiger partial charge on any atom is 0.180 e. The summed E-state index contributed by atoms with van der Waals surface area (Å²) in [6.07, 6.45) is 7.49. The highest BCUT2D eigenvalue weighted by Crippen LogP contribution is 2.25. The SMILES string of the molecule is CC1(Nc2nc(NN)cn3ccnc23)CCCOC1. The average Bonchev–Trinajstić information content (AvgIpc) is 2.87. The molecule has 0 radical (unpaired) electrons. The molecule has 0 spiro atoms. The molecular formula is C12H18N6O. The second kappa shape index (κ2) is 4.67. The first-order valence-electron chi connectivity index (χ1n) is 6.36. The van der Waals surface area contributed by atoms with Crippen LogP contribution in [0.5, 0.6) is 0 Å². The molecule has 3 heterocycles. The molecule has 0 aliphatic carbocycles. The summed E-state index contributed by atoms with van der Waals surface area (Å²) in [6.45, 7) is 3.63. The van der Waals surface area contributed by atoms with E-state index in [0.717, 1.165) is 25.1 Å². The van der Waals surface area contributed by atoms with Crippen LogP contribution in [0.15, 0.2) is 18.6 Å². The molecule has 102 valence electrons. The first kappa shape index (κ1) is 12.2. The lowest BCUT2D eigenvalue weighted by atomic mass is 9.95. The number of nitrogens with two attached hydrogens (primary N) is 1. The van der Waals surface area contributed by atoms with Gasteiger partial charge >= 0.3 is 0 Å². The van der Waals surface area contributed by atoms with E-state index in [-0.39, 0.29) is 5.54 Å². The van der Waals surface area contributed by atoms with Crippen molar-refractivity contribution in [2.75, 3.05) is 24.0 Å². The fourth-order valence-corrected chi connectivity index (χ4v) is 2.40. The number of nitrogens with zero attached hydrogens (tertiary/aromatic N) is 3. The van der Waals surface area contributed by atoms with Gasteiger partial charge < -0.3 is 19.9 Å². The second-order valence-electron chi connectivity index (χ2n) is 5.12. The van der Waals surface area contributed by atoms with Gasteiger partial charge in [-0.1, -0.05) is 0 Å². The summed E-state index contributed by atoms with van der Waals surface area (Å²) >= 11 is 0. The summed E-state index contributed by atoms with van der Waals surface area (Å²) in [5.74, 6) is 6.75. The quantitative estimate of drug-likeness (QED) is 0.565. The van der Waals surface area contributed by atoms with E-state index in [1.807, 2.05) is 10.6 Å². The molecule has 1 unspecified atom stereocenters. The van der Waals surface area contributed by atoms with Crippen LogP contribution in [0, 0.1) is 0 Å². The van der Waals surface area contributed by atoms with E-state index in [9.17, 15) is 0 Å². The lowest BCUT2D eigenvalue weighted by Gasteiger charge is -2.34. The van der Waals surface area contributed by atoms with Gasteiger partial charge in [-0.25, -0.2) is 15.8 Å². The van der Waals surface area contributed by atoms with Crippen LogP contribution in [-0.4, -0.2) is 33.1 Å². The van der Waals surface area contributed by atoms with Gasteiger partial charge in [-0.15, -0.1) is 0 Å².